The minimum atomic E-state index is -1.18. The number of piperidine rings is 1. The van der Waals surface area contributed by atoms with Crippen LogP contribution in [0.15, 0.2) is 30.3 Å². The van der Waals surface area contributed by atoms with Gasteiger partial charge in [-0.2, -0.15) is 5.10 Å². The number of β-amino-alcohol motifs (C(OH)–C–C–N with tert-alkyl or cyclic N) is 1. The fraction of sp³-hybridized carbons (Fsp3) is 0.474. The van der Waals surface area contributed by atoms with Gasteiger partial charge >= 0.3 is 0 Å². The van der Waals surface area contributed by atoms with Gasteiger partial charge in [0.05, 0.1) is 25.4 Å². The number of carbonyl (C=O) groups excluding carboxylic acids is 1. The molecule has 2 N–H and O–H groups in total. The average Bonchev–Trinajstić information content (AvgIpc) is 2.92. The maximum atomic E-state index is 12.6. The van der Waals surface area contributed by atoms with E-state index in [-0.39, 0.29) is 19.1 Å². The lowest BCUT2D eigenvalue weighted by Crippen LogP contribution is -2.52. The standard InChI is InChI=1S/C19H25N3O3/c1-14-10-15(2)22(20-14)11-16-4-6-17(7-5-16)18(24)21-9-3-8-19(25,12-21)13-23/h4-7,10,23,25H,3,8-9,11-13H2,1-2H3/t19-/m1/s1. The number of hydrogen-bond acceptors (Lipinski definition) is 4. The summed E-state index contributed by atoms with van der Waals surface area (Å²) in [6.07, 6.45) is 1.22. The number of rotatable bonds is 4. The lowest BCUT2D eigenvalue weighted by Gasteiger charge is -2.38. The Kier molecular flexibility index (Phi) is 4.92. The summed E-state index contributed by atoms with van der Waals surface area (Å²) in [5.74, 6) is -0.107. The van der Waals surface area contributed by atoms with Gasteiger partial charge in [-0.15, -0.1) is 0 Å². The smallest absolute Gasteiger partial charge is 0.253 e. The van der Waals surface area contributed by atoms with E-state index in [1.807, 2.05) is 48.9 Å². The van der Waals surface area contributed by atoms with E-state index in [0.29, 0.717) is 31.5 Å². The van der Waals surface area contributed by atoms with Crippen LogP contribution in [-0.2, 0) is 6.54 Å². The molecule has 1 amide bonds. The predicted molar refractivity (Wildman–Crippen MR) is 94.4 cm³/mol. The van der Waals surface area contributed by atoms with Gasteiger partial charge in [0.1, 0.15) is 5.60 Å². The summed E-state index contributed by atoms with van der Waals surface area (Å²) in [6.45, 7) is 5.12. The second kappa shape index (κ2) is 6.98. The molecule has 0 spiro atoms. The van der Waals surface area contributed by atoms with Crippen LogP contribution in [0.3, 0.4) is 0 Å². The zero-order chi connectivity index (χ0) is 18.0. The Morgan fingerprint density at radius 2 is 2.00 bits per heavy atom. The van der Waals surface area contributed by atoms with Crippen LogP contribution in [0.1, 0.15) is 40.2 Å². The van der Waals surface area contributed by atoms with E-state index in [9.17, 15) is 15.0 Å². The fourth-order valence-corrected chi connectivity index (χ4v) is 3.36. The molecule has 1 aliphatic heterocycles. The minimum Gasteiger partial charge on any atom is -0.393 e. The molecular weight excluding hydrogens is 318 g/mol. The van der Waals surface area contributed by atoms with Crippen LogP contribution < -0.4 is 0 Å². The predicted octanol–water partition coefficient (Wildman–Crippen LogP) is 1.51. The number of aliphatic hydroxyl groups is 2. The largest absolute Gasteiger partial charge is 0.393 e. The van der Waals surface area contributed by atoms with Crippen LogP contribution in [-0.4, -0.2) is 56.1 Å². The molecular formula is C19H25N3O3. The van der Waals surface area contributed by atoms with E-state index < -0.39 is 5.60 Å². The molecule has 1 fully saturated rings. The highest BCUT2D eigenvalue weighted by Gasteiger charge is 2.34. The maximum absolute atomic E-state index is 12.6. The zero-order valence-corrected chi connectivity index (χ0v) is 14.8. The molecule has 2 heterocycles. The van der Waals surface area contributed by atoms with Crippen molar-refractivity contribution in [3.8, 4) is 0 Å². The second-order valence-corrected chi connectivity index (χ2v) is 6.99. The first-order valence-electron chi connectivity index (χ1n) is 8.63. The van der Waals surface area contributed by atoms with Crippen molar-refractivity contribution in [2.45, 2.75) is 38.8 Å². The molecule has 6 nitrogen and oxygen atoms in total. The molecule has 0 bridgehead atoms. The summed E-state index contributed by atoms with van der Waals surface area (Å²) in [5, 5.41) is 24.0. The number of carbonyl (C=O) groups is 1. The van der Waals surface area contributed by atoms with E-state index in [1.165, 1.54) is 0 Å². The molecule has 3 rings (SSSR count). The maximum Gasteiger partial charge on any atom is 0.253 e. The second-order valence-electron chi connectivity index (χ2n) is 6.99. The van der Waals surface area contributed by atoms with Gasteiger partial charge in [0.2, 0.25) is 0 Å². The Bertz CT molecular complexity index is 754. The van der Waals surface area contributed by atoms with Crippen LogP contribution in [0.5, 0.6) is 0 Å². The monoisotopic (exact) mass is 343 g/mol. The molecule has 0 saturated carbocycles. The molecule has 1 saturated heterocycles. The van der Waals surface area contributed by atoms with E-state index in [1.54, 1.807) is 4.90 Å². The van der Waals surface area contributed by atoms with Crippen molar-refractivity contribution in [2.75, 3.05) is 19.7 Å². The van der Waals surface area contributed by atoms with Crippen molar-refractivity contribution in [3.63, 3.8) is 0 Å². The molecule has 1 aliphatic rings. The molecule has 1 aromatic carbocycles. The number of amides is 1. The quantitative estimate of drug-likeness (QED) is 0.882. The van der Waals surface area contributed by atoms with Crippen LogP contribution >= 0.6 is 0 Å². The summed E-state index contributed by atoms with van der Waals surface area (Å²) in [6, 6.07) is 9.54. The lowest BCUT2D eigenvalue weighted by atomic mass is 9.93. The summed E-state index contributed by atoms with van der Waals surface area (Å²) in [7, 11) is 0. The van der Waals surface area contributed by atoms with Gasteiger partial charge in [-0.3, -0.25) is 9.48 Å². The number of aryl methyl sites for hydroxylation is 2. The minimum absolute atomic E-state index is 0.107. The van der Waals surface area contributed by atoms with E-state index in [4.69, 9.17) is 0 Å². The number of hydrogen-bond donors (Lipinski definition) is 2. The molecule has 0 radical (unpaired) electrons. The Morgan fingerprint density at radius 1 is 1.28 bits per heavy atom. The lowest BCUT2D eigenvalue weighted by molar-refractivity contribution is -0.0598. The zero-order valence-electron chi connectivity index (χ0n) is 14.8. The van der Waals surface area contributed by atoms with Crippen molar-refractivity contribution >= 4 is 5.91 Å². The third-order valence-corrected chi connectivity index (χ3v) is 4.77. The number of benzene rings is 1. The fourth-order valence-electron chi connectivity index (χ4n) is 3.36. The van der Waals surface area contributed by atoms with Crippen molar-refractivity contribution in [1.82, 2.24) is 14.7 Å². The van der Waals surface area contributed by atoms with Crippen molar-refractivity contribution in [3.05, 3.63) is 52.8 Å². The third-order valence-electron chi connectivity index (χ3n) is 4.77. The van der Waals surface area contributed by atoms with Crippen molar-refractivity contribution in [2.24, 2.45) is 0 Å². The summed E-state index contributed by atoms with van der Waals surface area (Å²) < 4.78 is 1.94. The third kappa shape index (κ3) is 3.91. The first-order valence-corrected chi connectivity index (χ1v) is 8.63. The molecule has 0 aliphatic carbocycles. The first kappa shape index (κ1) is 17.6. The molecule has 2 aromatic rings. The van der Waals surface area contributed by atoms with E-state index in [2.05, 4.69) is 5.10 Å². The van der Waals surface area contributed by atoms with Gasteiger partial charge < -0.3 is 15.1 Å². The van der Waals surface area contributed by atoms with Gasteiger partial charge in [-0.25, -0.2) is 0 Å². The number of aromatic nitrogens is 2. The van der Waals surface area contributed by atoms with Crippen molar-refractivity contribution in [1.29, 1.82) is 0 Å². The Balaban J connectivity index is 1.69. The van der Waals surface area contributed by atoms with Crippen LogP contribution in [0.2, 0.25) is 0 Å². The Morgan fingerprint density at radius 3 is 2.60 bits per heavy atom. The van der Waals surface area contributed by atoms with Crippen LogP contribution in [0.25, 0.3) is 0 Å². The Hall–Kier alpha value is -2.18. The van der Waals surface area contributed by atoms with Gasteiger partial charge in [-0.05, 0) is 50.5 Å². The van der Waals surface area contributed by atoms with Crippen LogP contribution in [0.4, 0.5) is 0 Å². The normalized spacial score (nSPS) is 20.7. The average molecular weight is 343 g/mol. The first-order chi connectivity index (χ1) is 11.9. The highest BCUT2D eigenvalue weighted by molar-refractivity contribution is 5.94. The van der Waals surface area contributed by atoms with Gasteiger partial charge in [0.25, 0.3) is 5.91 Å². The highest BCUT2D eigenvalue weighted by Crippen LogP contribution is 2.22. The van der Waals surface area contributed by atoms with Crippen molar-refractivity contribution < 1.29 is 15.0 Å². The van der Waals surface area contributed by atoms with Crippen LogP contribution in [0, 0.1) is 13.8 Å². The Labute approximate surface area is 147 Å². The molecule has 6 heteroatoms. The summed E-state index contributed by atoms with van der Waals surface area (Å²) in [4.78, 5) is 14.3. The number of likely N-dealkylation sites (tertiary alicyclic amines) is 1. The number of nitrogens with zero attached hydrogens (tertiary/aromatic N) is 3. The molecule has 25 heavy (non-hydrogen) atoms. The molecule has 1 aromatic heterocycles. The van der Waals surface area contributed by atoms with E-state index in [0.717, 1.165) is 17.0 Å². The molecule has 134 valence electrons. The SMILES string of the molecule is Cc1cc(C)n(Cc2ccc(C(=O)N3CCC[C@](O)(CO)C3)cc2)n1. The van der Waals surface area contributed by atoms with Gasteiger partial charge in [0.15, 0.2) is 0 Å². The van der Waals surface area contributed by atoms with E-state index >= 15 is 0 Å². The molecule has 1 atom stereocenters. The summed E-state index contributed by atoms with van der Waals surface area (Å²) >= 11 is 0. The topological polar surface area (TPSA) is 78.6 Å². The number of aliphatic hydroxyl groups excluding tert-OH is 1. The summed E-state index contributed by atoms with van der Waals surface area (Å²) in [5.41, 5.74) is 2.59. The van der Waals surface area contributed by atoms with Gasteiger partial charge in [0, 0.05) is 17.8 Å². The van der Waals surface area contributed by atoms with Gasteiger partial charge in [-0.1, -0.05) is 12.1 Å². The highest BCUT2D eigenvalue weighted by atomic mass is 16.3. The molecule has 0 unspecified atom stereocenters.